The van der Waals surface area contributed by atoms with Crippen molar-refractivity contribution in [1.82, 2.24) is 0 Å². The lowest BCUT2D eigenvalue weighted by Crippen LogP contribution is -2.10. The van der Waals surface area contributed by atoms with Gasteiger partial charge in [-0.15, -0.1) is 0 Å². The molecule has 0 fully saturated rings. The van der Waals surface area contributed by atoms with E-state index < -0.39 is 0 Å². The van der Waals surface area contributed by atoms with Gasteiger partial charge < -0.3 is 9.64 Å². The van der Waals surface area contributed by atoms with Crippen LogP contribution in [0.15, 0.2) is 84.9 Å². The first-order valence-electron chi connectivity index (χ1n) is 9.88. The van der Waals surface area contributed by atoms with Gasteiger partial charge in [0.1, 0.15) is 0 Å². The smallest absolute Gasteiger partial charge is 0.305 e. The molecule has 29 heavy (non-hydrogen) atoms. The predicted molar refractivity (Wildman–Crippen MR) is 116 cm³/mol. The molecule has 148 valence electrons. The van der Waals surface area contributed by atoms with E-state index in [4.69, 9.17) is 4.74 Å². The standard InChI is InChI=1S/C25H25NO3/c1-2-29-25(28)15-9-14-24(27)20-16-18-23(19-17-20)26(21-10-5-3-6-11-21)22-12-7-4-8-13-22/h3-8,10-13,16-19H,2,9,14-15H2,1H3. The van der Waals surface area contributed by atoms with Crippen LogP contribution in [0.5, 0.6) is 0 Å². The summed E-state index contributed by atoms with van der Waals surface area (Å²) in [6.45, 7) is 2.15. The molecule has 0 aliphatic carbocycles. The second-order valence-corrected chi connectivity index (χ2v) is 6.64. The fourth-order valence-corrected chi connectivity index (χ4v) is 3.17. The van der Waals surface area contributed by atoms with Crippen LogP contribution in [0.1, 0.15) is 36.5 Å². The van der Waals surface area contributed by atoms with Crippen LogP contribution in [0.4, 0.5) is 17.1 Å². The fraction of sp³-hybridized carbons (Fsp3) is 0.200. The third-order valence-electron chi connectivity index (χ3n) is 4.57. The van der Waals surface area contributed by atoms with Crippen LogP contribution in [0.25, 0.3) is 0 Å². The van der Waals surface area contributed by atoms with Crippen molar-refractivity contribution in [2.24, 2.45) is 0 Å². The summed E-state index contributed by atoms with van der Waals surface area (Å²) in [6, 6.07) is 27.8. The van der Waals surface area contributed by atoms with Crippen molar-refractivity contribution in [1.29, 1.82) is 0 Å². The number of ketones is 1. The van der Waals surface area contributed by atoms with Gasteiger partial charge in [0, 0.05) is 35.5 Å². The minimum atomic E-state index is -0.253. The molecule has 4 heteroatoms. The zero-order valence-electron chi connectivity index (χ0n) is 16.6. The van der Waals surface area contributed by atoms with Gasteiger partial charge in [0.2, 0.25) is 0 Å². The highest BCUT2D eigenvalue weighted by Crippen LogP contribution is 2.34. The summed E-state index contributed by atoms with van der Waals surface area (Å²) in [6.07, 6.45) is 1.10. The second-order valence-electron chi connectivity index (χ2n) is 6.64. The van der Waals surface area contributed by atoms with E-state index >= 15 is 0 Å². The molecular formula is C25H25NO3. The molecule has 4 nitrogen and oxygen atoms in total. The number of Topliss-reactive ketones (excluding diaryl/α,β-unsaturated/α-hetero) is 1. The number of esters is 1. The summed E-state index contributed by atoms with van der Waals surface area (Å²) in [5.74, 6) is -0.219. The fourth-order valence-electron chi connectivity index (χ4n) is 3.17. The number of carbonyl (C=O) groups is 2. The van der Waals surface area contributed by atoms with E-state index in [1.807, 2.05) is 60.7 Å². The third kappa shape index (κ3) is 5.55. The number of anilines is 3. The maximum absolute atomic E-state index is 12.4. The highest BCUT2D eigenvalue weighted by Gasteiger charge is 2.13. The zero-order valence-corrected chi connectivity index (χ0v) is 16.6. The number of benzene rings is 3. The van der Waals surface area contributed by atoms with E-state index in [1.54, 1.807) is 6.92 Å². The first kappa shape index (κ1) is 20.3. The normalized spacial score (nSPS) is 10.4. The monoisotopic (exact) mass is 387 g/mol. The molecule has 3 rings (SSSR count). The average molecular weight is 387 g/mol. The van der Waals surface area contributed by atoms with Crippen molar-refractivity contribution in [2.75, 3.05) is 11.5 Å². The Morgan fingerprint density at radius 1 is 0.724 bits per heavy atom. The molecule has 0 aromatic heterocycles. The molecule has 0 saturated heterocycles. The maximum atomic E-state index is 12.4. The van der Waals surface area contributed by atoms with Gasteiger partial charge in [-0.2, -0.15) is 0 Å². The Morgan fingerprint density at radius 2 is 1.24 bits per heavy atom. The van der Waals surface area contributed by atoms with Crippen LogP contribution < -0.4 is 4.90 Å². The number of rotatable bonds is 9. The van der Waals surface area contributed by atoms with E-state index in [2.05, 4.69) is 29.2 Å². The van der Waals surface area contributed by atoms with Crippen LogP contribution in [0.2, 0.25) is 0 Å². The van der Waals surface area contributed by atoms with Gasteiger partial charge in [-0.3, -0.25) is 9.59 Å². The molecule has 0 atom stereocenters. The Balaban J connectivity index is 1.74. The van der Waals surface area contributed by atoms with Crippen LogP contribution in [0, 0.1) is 0 Å². The molecule has 0 aliphatic rings. The lowest BCUT2D eigenvalue weighted by atomic mass is 10.0. The molecule has 0 heterocycles. The van der Waals surface area contributed by atoms with Crippen molar-refractivity contribution in [3.63, 3.8) is 0 Å². The van der Waals surface area contributed by atoms with E-state index in [0.717, 1.165) is 17.1 Å². The summed E-state index contributed by atoms with van der Waals surface area (Å²) in [5, 5.41) is 0. The Morgan fingerprint density at radius 3 is 1.76 bits per heavy atom. The van der Waals surface area contributed by atoms with Gasteiger partial charge in [0.05, 0.1) is 6.61 Å². The van der Waals surface area contributed by atoms with Crippen LogP contribution in [-0.2, 0) is 9.53 Å². The Kier molecular flexibility index (Phi) is 7.17. The van der Waals surface area contributed by atoms with E-state index in [1.165, 1.54) is 0 Å². The van der Waals surface area contributed by atoms with Crippen molar-refractivity contribution < 1.29 is 14.3 Å². The molecule has 0 radical (unpaired) electrons. The van der Waals surface area contributed by atoms with Crippen molar-refractivity contribution in [3.8, 4) is 0 Å². The van der Waals surface area contributed by atoms with Gasteiger partial charge in [-0.05, 0) is 61.9 Å². The van der Waals surface area contributed by atoms with Crippen LogP contribution in [-0.4, -0.2) is 18.4 Å². The van der Waals surface area contributed by atoms with Crippen LogP contribution in [0.3, 0.4) is 0 Å². The average Bonchev–Trinajstić information content (AvgIpc) is 2.76. The number of ether oxygens (including phenoxy) is 1. The molecule has 0 saturated carbocycles. The summed E-state index contributed by atoms with van der Waals surface area (Å²) in [7, 11) is 0. The Hall–Kier alpha value is -3.40. The molecule has 0 aliphatic heterocycles. The first-order chi connectivity index (χ1) is 14.2. The van der Waals surface area contributed by atoms with Gasteiger partial charge in [-0.25, -0.2) is 0 Å². The summed E-state index contributed by atoms with van der Waals surface area (Å²) < 4.78 is 4.90. The van der Waals surface area contributed by atoms with Gasteiger partial charge >= 0.3 is 5.97 Å². The molecule has 0 unspecified atom stereocenters. The number of carbonyl (C=O) groups excluding carboxylic acids is 2. The maximum Gasteiger partial charge on any atom is 0.305 e. The van der Waals surface area contributed by atoms with Crippen molar-refractivity contribution in [2.45, 2.75) is 26.2 Å². The van der Waals surface area contributed by atoms with Crippen LogP contribution >= 0.6 is 0 Å². The predicted octanol–water partition coefficient (Wildman–Crippen LogP) is 6.07. The van der Waals surface area contributed by atoms with Gasteiger partial charge in [-0.1, -0.05) is 36.4 Å². The van der Waals surface area contributed by atoms with E-state index in [9.17, 15) is 9.59 Å². The van der Waals surface area contributed by atoms with Gasteiger partial charge in [0.15, 0.2) is 5.78 Å². The Labute approximate surface area is 171 Å². The lowest BCUT2D eigenvalue weighted by Gasteiger charge is -2.25. The third-order valence-corrected chi connectivity index (χ3v) is 4.57. The van der Waals surface area contributed by atoms with Crippen molar-refractivity contribution >= 4 is 28.8 Å². The first-order valence-corrected chi connectivity index (χ1v) is 9.88. The van der Waals surface area contributed by atoms with E-state index in [-0.39, 0.29) is 18.2 Å². The quantitative estimate of drug-likeness (QED) is 0.330. The van der Waals surface area contributed by atoms with Gasteiger partial charge in [0.25, 0.3) is 0 Å². The Bertz CT molecular complexity index is 882. The minimum absolute atomic E-state index is 0.0341. The topological polar surface area (TPSA) is 46.6 Å². The highest BCUT2D eigenvalue weighted by molar-refractivity contribution is 5.96. The number of hydrogen-bond donors (Lipinski definition) is 0. The minimum Gasteiger partial charge on any atom is -0.466 e. The second kappa shape index (κ2) is 10.2. The largest absolute Gasteiger partial charge is 0.466 e. The summed E-state index contributed by atoms with van der Waals surface area (Å²) in [5.41, 5.74) is 3.73. The molecule has 0 amide bonds. The van der Waals surface area contributed by atoms with Crippen molar-refractivity contribution in [3.05, 3.63) is 90.5 Å². The molecule has 0 bridgehead atoms. The molecule has 3 aromatic rings. The highest BCUT2D eigenvalue weighted by atomic mass is 16.5. The zero-order chi connectivity index (χ0) is 20.5. The molecule has 0 N–H and O–H groups in total. The number of para-hydroxylation sites is 2. The molecule has 0 spiro atoms. The molecular weight excluding hydrogens is 362 g/mol. The number of hydrogen-bond acceptors (Lipinski definition) is 4. The summed E-state index contributed by atoms with van der Waals surface area (Å²) in [4.78, 5) is 26.0. The van der Waals surface area contributed by atoms with E-state index in [0.29, 0.717) is 25.0 Å². The lowest BCUT2D eigenvalue weighted by molar-refractivity contribution is -0.143. The summed E-state index contributed by atoms with van der Waals surface area (Å²) >= 11 is 0. The number of nitrogens with zero attached hydrogens (tertiary/aromatic N) is 1. The SMILES string of the molecule is CCOC(=O)CCCC(=O)c1ccc(N(c2ccccc2)c2ccccc2)cc1. The molecule has 3 aromatic carbocycles.